The minimum absolute atomic E-state index is 0. The van der Waals surface area contributed by atoms with Crippen molar-refractivity contribution >= 4 is 6.09 Å². The Morgan fingerprint density at radius 1 is 1.44 bits per heavy atom. The SMILES string of the molecule is CC[CH-]OC(=O)N1C(C)(C)COC1(C)C.[Li+]. The Bertz CT molecular complexity index is 238. The molecule has 1 rings (SSSR count). The van der Waals surface area contributed by atoms with Gasteiger partial charge in [-0.15, -0.1) is 6.42 Å². The van der Waals surface area contributed by atoms with Gasteiger partial charge in [-0.2, -0.15) is 6.61 Å². The second kappa shape index (κ2) is 5.44. The molecular weight excluding hydrogens is 201 g/mol. The Hall–Kier alpha value is -0.173. The maximum atomic E-state index is 11.8. The minimum atomic E-state index is -0.595. The van der Waals surface area contributed by atoms with Crippen molar-refractivity contribution in [2.45, 2.75) is 52.3 Å². The van der Waals surface area contributed by atoms with E-state index in [1.807, 2.05) is 34.6 Å². The number of amides is 1. The summed E-state index contributed by atoms with van der Waals surface area (Å²) in [5.41, 5.74) is -0.912. The van der Waals surface area contributed by atoms with E-state index in [9.17, 15) is 4.79 Å². The van der Waals surface area contributed by atoms with Crippen LogP contribution >= 0.6 is 0 Å². The van der Waals surface area contributed by atoms with Gasteiger partial charge in [0.2, 0.25) is 0 Å². The summed E-state index contributed by atoms with van der Waals surface area (Å²) in [6.45, 7) is 11.6. The normalized spacial score (nSPS) is 21.4. The van der Waals surface area contributed by atoms with Crippen LogP contribution in [0.4, 0.5) is 4.79 Å². The first-order chi connectivity index (χ1) is 6.81. The monoisotopic (exact) mass is 221 g/mol. The van der Waals surface area contributed by atoms with Gasteiger partial charge >= 0.3 is 25.0 Å². The Morgan fingerprint density at radius 3 is 2.38 bits per heavy atom. The summed E-state index contributed by atoms with van der Waals surface area (Å²) < 4.78 is 10.6. The van der Waals surface area contributed by atoms with Gasteiger partial charge < -0.3 is 9.47 Å². The molecule has 0 spiro atoms. The van der Waals surface area contributed by atoms with Crippen LogP contribution in [0.1, 0.15) is 41.0 Å². The fourth-order valence-electron chi connectivity index (χ4n) is 1.89. The third kappa shape index (κ3) is 3.16. The van der Waals surface area contributed by atoms with Crippen LogP contribution in [0.25, 0.3) is 0 Å². The zero-order chi connectivity index (χ0) is 11.7. The molecule has 0 N–H and O–H groups in total. The maximum Gasteiger partial charge on any atom is 1.00 e. The van der Waals surface area contributed by atoms with Gasteiger partial charge in [0.15, 0.2) is 0 Å². The topological polar surface area (TPSA) is 38.8 Å². The van der Waals surface area contributed by atoms with Crippen molar-refractivity contribution in [2.24, 2.45) is 0 Å². The molecular formula is C11H20LiNO3. The molecule has 1 heterocycles. The Balaban J connectivity index is 0.00000225. The van der Waals surface area contributed by atoms with Crippen LogP contribution in [0.5, 0.6) is 0 Å². The fourth-order valence-corrected chi connectivity index (χ4v) is 1.89. The summed E-state index contributed by atoms with van der Waals surface area (Å²) >= 11 is 0. The van der Waals surface area contributed by atoms with E-state index in [4.69, 9.17) is 9.47 Å². The molecule has 0 aromatic rings. The summed E-state index contributed by atoms with van der Waals surface area (Å²) in [7, 11) is 0. The summed E-state index contributed by atoms with van der Waals surface area (Å²) in [5.74, 6) is 0. The van der Waals surface area contributed by atoms with Gasteiger partial charge in [0.05, 0.1) is 12.1 Å². The molecule has 1 aliphatic rings. The van der Waals surface area contributed by atoms with E-state index in [1.54, 1.807) is 4.90 Å². The molecule has 0 radical (unpaired) electrons. The molecule has 1 saturated heterocycles. The molecule has 0 unspecified atom stereocenters. The zero-order valence-electron chi connectivity index (χ0n) is 11.2. The van der Waals surface area contributed by atoms with Gasteiger partial charge in [0.1, 0.15) is 5.72 Å². The molecule has 16 heavy (non-hydrogen) atoms. The largest absolute Gasteiger partial charge is 1.00 e. The molecule has 1 aliphatic heterocycles. The van der Waals surface area contributed by atoms with Gasteiger partial charge in [-0.1, -0.05) is 6.92 Å². The molecule has 0 atom stereocenters. The summed E-state index contributed by atoms with van der Waals surface area (Å²) in [6, 6.07) is 0. The van der Waals surface area contributed by atoms with Crippen LogP contribution in [0.15, 0.2) is 0 Å². The van der Waals surface area contributed by atoms with Crippen molar-refractivity contribution in [3.05, 3.63) is 6.61 Å². The molecule has 1 fully saturated rings. The van der Waals surface area contributed by atoms with E-state index >= 15 is 0 Å². The first-order valence-electron chi connectivity index (χ1n) is 5.28. The predicted octanol–water partition coefficient (Wildman–Crippen LogP) is -0.454. The van der Waals surface area contributed by atoms with Gasteiger partial charge in [0.25, 0.3) is 0 Å². The first kappa shape index (κ1) is 15.8. The summed E-state index contributed by atoms with van der Waals surface area (Å²) in [5, 5.41) is 0. The predicted molar refractivity (Wildman–Crippen MR) is 57.0 cm³/mol. The Kier molecular flexibility index (Phi) is 5.38. The molecule has 0 aliphatic carbocycles. The Morgan fingerprint density at radius 2 is 2.00 bits per heavy atom. The number of nitrogens with zero attached hydrogens (tertiary/aromatic N) is 1. The second-order valence-corrected chi connectivity index (χ2v) is 4.84. The second-order valence-electron chi connectivity index (χ2n) is 4.84. The molecule has 5 heteroatoms. The van der Waals surface area contributed by atoms with Crippen molar-refractivity contribution < 1.29 is 33.1 Å². The third-order valence-electron chi connectivity index (χ3n) is 2.46. The quantitative estimate of drug-likeness (QED) is 0.468. The summed E-state index contributed by atoms with van der Waals surface area (Å²) in [6.07, 6.45) is 0.366. The van der Waals surface area contributed by atoms with E-state index in [1.165, 1.54) is 6.61 Å². The van der Waals surface area contributed by atoms with Crippen LogP contribution in [-0.2, 0) is 9.47 Å². The molecule has 0 bridgehead atoms. The number of carbonyl (C=O) groups is 1. The first-order valence-corrected chi connectivity index (χ1v) is 5.28. The molecule has 1 amide bonds. The summed E-state index contributed by atoms with van der Waals surface area (Å²) in [4.78, 5) is 13.5. The van der Waals surface area contributed by atoms with Gasteiger partial charge in [-0.25, -0.2) is 4.79 Å². The average Bonchev–Trinajstić information content (AvgIpc) is 2.32. The molecule has 0 aromatic carbocycles. The number of ether oxygens (including phenoxy) is 2. The van der Waals surface area contributed by atoms with E-state index in [-0.39, 0.29) is 30.5 Å². The van der Waals surface area contributed by atoms with E-state index in [0.29, 0.717) is 13.0 Å². The van der Waals surface area contributed by atoms with Crippen molar-refractivity contribution in [3.63, 3.8) is 0 Å². The van der Waals surface area contributed by atoms with Crippen LogP contribution in [0.2, 0.25) is 0 Å². The van der Waals surface area contributed by atoms with Gasteiger partial charge in [-0.05, 0) is 27.7 Å². The molecule has 0 saturated carbocycles. The average molecular weight is 221 g/mol. The fraction of sp³-hybridized carbons (Fsp3) is 0.818. The van der Waals surface area contributed by atoms with E-state index in [2.05, 4.69) is 0 Å². The minimum Gasteiger partial charge on any atom is -0.621 e. The van der Waals surface area contributed by atoms with Gasteiger partial charge in [0, 0.05) is 0 Å². The zero-order valence-corrected chi connectivity index (χ0v) is 11.2. The Labute approximate surface area is 110 Å². The van der Waals surface area contributed by atoms with Crippen molar-refractivity contribution in [1.29, 1.82) is 0 Å². The van der Waals surface area contributed by atoms with Gasteiger partial charge in [-0.3, -0.25) is 4.90 Å². The van der Waals surface area contributed by atoms with Crippen molar-refractivity contribution in [2.75, 3.05) is 6.61 Å². The molecule has 0 aromatic heterocycles. The smallest absolute Gasteiger partial charge is 0.621 e. The van der Waals surface area contributed by atoms with Crippen LogP contribution in [0, 0.1) is 6.61 Å². The van der Waals surface area contributed by atoms with Crippen LogP contribution in [0.3, 0.4) is 0 Å². The number of hydrogen-bond donors (Lipinski definition) is 0. The van der Waals surface area contributed by atoms with E-state index in [0.717, 1.165) is 0 Å². The van der Waals surface area contributed by atoms with Crippen LogP contribution in [-0.4, -0.2) is 28.9 Å². The molecule has 4 nitrogen and oxygen atoms in total. The number of carbonyl (C=O) groups excluding carboxylic acids is 1. The maximum absolute atomic E-state index is 11.8. The standard InChI is InChI=1S/C11H20NO3.Li/c1-6-7-14-9(13)12-10(2,3)8-15-11(12,4)5;/h7H,6,8H2,1-5H3;/q-1;+1. The van der Waals surface area contributed by atoms with Crippen LogP contribution < -0.4 is 18.9 Å². The van der Waals surface area contributed by atoms with E-state index < -0.39 is 5.72 Å². The number of hydrogen-bond acceptors (Lipinski definition) is 3. The number of rotatable bonds is 2. The van der Waals surface area contributed by atoms with Crippen molar-refractivity contribution in [1.82, 2.24) is 4.90 Å². The third-order valence-corrected chi connectivity index (χ3v) is 2.46. The van der Waals surface area contributed by atoms with Crippen molar-refractivity contribution in [3.8, 4) is 0 Å². The molecule has 88 valence electrons.